The molecule has 4 aromatic rings. The third-order valence-corrected chi connectivity index (χ3v) is 6.49. The maximum absolute atomic E-state index is 14.3. The SMILES string of the molecule is O=C(O)CC1=C(Cc2ccc(Oc3ccc(F)cc3)cc2)/C(=C/c2cccc(C(F)(F)F)c2)c2ccc(F)cc21. The number of ether oxygens (including phenoxy) is 1. The molecule has 1 N–H and O–H groups in total. The van der Waals surface area contributed by atoms with Gasteiger partial charge in [-0.1, -0.05) is 30.3 Å². The van der Waals surface area contributed by atoms with Crippen LogP contribution in [0.1, 0.15) is 34.2 Å². The smallest absolute Gasteiger partial charge is 0.416 e. The van der Waals surface area contributed by atoms with Crippen LogP contribution < -0.4 is 4.74 Å². The summed E-state index contributed by atoms with van der Waals surface area (Å²) in [7, 11) is 0. The van der Waals surface area contributed by atoms with Crippen molar-refractivity contribution in [3.8, 4) is 11.5 Å². The molecule has 1 aliphatic rings. The predicted octanol–water partition coefficient (Wildman–Crippen LogP) is 8.80. The molecular formula is C32H21F5O3. The third-order valence-electron chi connectivity index (χ3n) is 6.49. The van der Waals surface area contributed by atoms with Gasteiger partial charge in [0.25, 0.3) is 0 Å². The van der Waals surface area contributed by atoms with Crippen LogP contribution in [0.25, 0.3) is 17.2 Å². The van der Waals surface area contributed by atoms with Crippen LogP contribution in [-0.2, 0) is 17.4 Å². The van der Waals surface area contributed by atoms with Crippen LogP contribution in [0.2, 0.25) is 0 Å². The van der Waals surface area contributed by atoms with Gasteiger partial charge in [-0.05, 0) is 112 Å². The van der Waals surface area contributed by atoms with Crippen molar-refractivity contribution in [3.63, 3.8) is 0 Å². The third kappa shape index (κ3) is 5.96. The molecule has 0 fully saturated rings. The lowest BCUT2D eigenvalue weighted by Crippen LogP contribution is -2.04. The van der Waals surface area contributed by atoms with Crippen LogP contribution in [0.4, 0.5) is 22.0 Å². The highest BCUT2D eigenvalue weighted by Gasteiger charge is 2.31. The van der Waals surface area contributed by atoms with Crippen molar-refractivity contribution in [1.29, 1.82) is 0 Å². The van der Waals surface area contributed by atoms with Crippen molar-refractivity contribution in [2.24, 2.45) is 0 Å². The van der Waals surface area contributed by atoms with Gasteiger partial charge in [0.05, 0.1) is 12.0 Å². The Hall–Kier alpha value is -4.72. The maximum atomic E-state index is 14.3. The molecule has 0 amide bonds. The molecule has 0 bridgehead atoms. The van der Waals surface area contributed by atoms with E-state index in [0.717, 1.165) is 17.7 Å². The number of aliphatic carboxylic acids is 1. The molecule has 8 heteroatoms. The number of allylic oxidation sites excluding steroid dienone is 2. The Morgan fingerprint density at radius 1 is 0.775 bits per heavy atom. The van der Waals surface area contributed by atoms with Crippen molar-refractivity contribution in [2.45, 2.75) is 19.0 Å². The number of alkyl halides is 3. The molecule has 0 saturated carbocycles. The van der Waals surface area contributed by atoms with Crippen LogP contribution in [-0.4, -0.2) is 11.1 Å². The first-order valence-corrected chi connectivity index (χ1v) is 12.2. The summed E-state index contributed by atoms with van der Waals surface area (Å²) in [4.78, 5) is 11.8. The Balaban J connectivity index is 1.54. The summed E-state index contributed by atoms with van der Waals surface area (Å²) in [5.74, 6) is -1.12. The van der Waals surface area contributed by atoms with Gasteiger partial charge in [-0.15, -0.1) is 0 Å². The molecule has 0 radical (unpaired) electrons. The summed E-state index contributed by atoms with van der Waals surface area (Å²) in [5.41, 5.74) is 2.67. The van der Waals surface area contributed by atoms with Gasteiger partial charge in [-0.2, -0.15) is 13.2 Å². The number of hydrogen-bond donors (Lipinski definition) is 1. The van der Waals surface area contributed by atoms with Crippen LogP contribution in [0.3, 0.4) is 0 Å². The van der Waals surface area contributed by atoms with Gasteiger partial charge in [0.1, 0.15) is 23.1 Å². The first-order valence-electron chi connectivity index (χ1n) is 12.2. The Morgan fingerprint density at radius 3 is 2.08 bits per heavy atom. The highest BCUT2D eigenvalue weighted by atomic mass is 19.4. The maximum Gasteiger partial charge on any atom is 0.416 e. The molecular weight excluding hydrogens is 527 g/mol. The second-order valence-electron chi connectivity index (χ2n) is 9.28. The van der Waals surface area contributed by atoms with E-state index in [2.05, 4.69) is 0 Å². The lowest BCUT2D eigenvalue weighted by molar-refractivity contribution is -0.138. The number of halogens is 5. The van der Waals surface area contributed by atoms with E-state index >= 15 is 0 Å². The van der Waals surface area contributed by atoms with E-state index in [4.69, 9.17) is 4.74 Å². The van der Waals surface area contributed by atoms with Gasteiger partial charge in [0.15, 0.2) is 0 Å². The summed E-state index contributed by atoms with van der Waals surface area (Å²) in [6, 6.07) is 21.3. The van der Waals surface area contributed by atoms with Gasteiger partial charge in [0.2, 0.25) is 0 Å². The van der Waals surface area contributed by atoms with Crippen LogP contribution in [0, 0.1) is 11.6 Å². The molecule has 202 valence electrons. The number of carboxylic acid groups (broad SMARTS) is 1. The first kappa shape index (κ1) is 26.9. The molecule has 0 atom stereocenters. The van der Waals surface area contributed by atoms with Gasteiger partial charge in [-0.3, -0.25) is 4.79 Å². The number of rotatable bonds is 7. The Kier molecular flexibility index (Phi) is 7.26. The van der Waals surface area contributed by atoms with Crippen molar-refractivity contribution in [1.82, 2.24) is 0 Å². The topological polar surface area (TPSA) is 46.5 Å². The van der Waals surface area contributed by atoms with Gasteiger partial charge in [0, 0.05) is 0 Å². The number of carbonyl (C=O) groups is 1. The Bertz CT molecular complexity index is 1630. The molecule has 3 nitrogen and oxygen atoms in total. The highest BCUT2D eigenvalue weighted by Crippen LogP contribution is 2.46. The molecule has 4 aromatic carbocycles. The van der Waals surface area contributed by atoms with Crippen molar-refractivity contribution < 1.29 is 36.6 Å². The van der Waals surface area contributed by atoms with E-state index in [0.29, 0.717) is 39.3 Å². The summed E-state index contributed by atoms with van der Waals surface area (Å²) in [5, 5.41) is 9.64. The molecule has 0 heterocycles. The Morgan fingerprint density at radius 2 is 1.43 bits per heavy atom. The second-order valence-corrected chi connectivity index (χ2v) is 9.28. The van der Waals surface area contributed by atoms with E-state index in [-0.39, 0.29) is 17.8 Å². The van der Waals surface area contributed by atoms with E-state index in [1.165, 1.54) is 54.6 Å². The zero-order valence-corrected chi connectivity index (χ0v) is 20.8. The molecule has 0 aliphatic heterocycles. The summed E-state index contributed by atoms with van der Waals surface area (Å²) >= 11 is 0. The van der Waals surface area contributed by atoms with E-state index in [9.17, 15) is 31.9 Å². The van der Waals surface area contributed by atoms with E-state index in [1.807, 2.05) is 0 Å². The number of hydrogen-bond acceptors (Lipinski definition) is 2. The van der Waals surface area contributed by atoms with Gasteiger partial charge >= 0.3 is 12.1 Å². The predicted molar refractivity (Wildman–Crippen MR) is 142 cm³/mol. The van der Waals surface area contributed by atoms with Crippen molar-refractivity contribution in [3.05, 3.63) is 136 Å². The average Bonchev–Trinajstić information content (AvgIpc) is 3.17. The number of benzene rings is 4. The summed E-state index contributed by atoms with van der Waals surface area (Å²) in [6.07, 6.45) is -3.11. The molecule has 0 saturated heterocycles. The molecule has 1 aliphatic carbocycles. The van der Waals surface area contributed by atoms with Gasteiger partial charge < -0.3 is 9.84 Å². The lowest BCUT2D eigenvalue weighted by Gasteiger charge is -2.12. The fourth-order valence-electron chi connectivity index (χ4n) is 4.70. The Labute approximate surface area is 226 Å². The number of carboxylic acids is 1. The fourth-order valence-corrected chi connectivity index (χ4v) is 4.70. The average molecular weight is 549 g/mol. The number of fused-ring (bicyclic) bond motifs is 1. The largest absolute Gasteiger partial charge is 0.481 e. The van der Waals surface area contributed by atoms with Crippen LogP contribution in [0.5, 0.6) is 11.5 Å². The summed E-state index contributed by atoms with van der Waals surface area (Å²) < 4.78 is 73.2. The quantitative estimate of drug-likeness (QED) is 0.235. The summed E-state index contributed by atoms with van der Waals surface area (Å²) in [6.45, 7) is 0. The monoisotopic (exact) mass is 548 g/mol. The minimum Gasteiger partial charge on any atom is -0.481 e. The minimum atomic E-state index is -4.53. The zero-order valence-electron chi connectivity index (χ0n) is 20.8. The van der Waals surface area contributed by atoms with Gasteiger partial charge in [-0.25, -0.2) is 8.78 Å². The van der Waals surface area contributed by atoms with Crippen LogP contribution in [0.15, 0.2) is 96.6 Å². The van der Waals surface area contributed by atoms with E-state index in [1.54, 1.807) is 30.3 Å². The standard InChI is InChI=1S/C32H21F5O3/c33-22-6-11-25(12-7-22)40-24-9-4-19(5-10-24)15-28-27(16-20-2-1-3-21(14-20)32(35,36)37)26-13-8-23(34)17-29(26)30(28)18-31(38)39/h1-14,16-17H,15,18H2,(H,38,39)/b27-16+. The van der Waals surface area contributed by atoms with Crippen LogP contribution >= 0.6 is 0 Å². The molecule has 40 heavy (non-hydrogen) atoms. The highest BCUT2D eigenvalue weighted by molar-refractivity contribution is 6.08. The van der Waals surface area contributed by atoms with E-state index < -0.39 is 29.9 Å². The minimum absolute atomic E-state index is 0.237. The normalized spacial score (nSPS) is 14.0. The first-order chi connectivity index (χ1) is 19.1. The molecule has 0 unspecified atom stereocenters. The molecule has 5 rings (SSSR count). The van der Waals surface area contributed by atoms with Crippen molar-refractivity contribution in [2.75, 3.05) is 0 Å². The zero-order chi connectivity index (χ0) is 28.4. The lowest BCUT2D eigenvalue weighted by atomic mass is 9.94. The van der Waals surface area contributed by atoms with Crippen molar-refractivity contribution >= 4 is 23.2 Å². The molecule has 0 aromatic heterocycles. The molecule has 0 spiro atoms. The second kappa shape index (κ2) is 10.8. The fraction of sp³-hybridized carbons (Fsp3) is 0.0938.